The minimum atomic E-state index is -0.605. The zero-order valence-corrected chi connectivity index (χ0v) is 13.4. The Balaban J connectivity index is 2.41. The van der Waals surface area contributed by atoms with Crippen molar-refractivity contribution in [2.45, 2.75) is 25.6 Å². The fraction of sp³-hybridized carbons (Fsp3) is 0.533. The number of likely N-dealkylation sites (N-methyl/N-ethyl adjacent to an activating group) is 1. The van der Waals surface area contributed by atoms with Crippen molar-refractivity contribution >= 4 is 17.5 Å². The van der Waals surface area contributed by atoms with Crippen LogP contribution in [0.2, 0.25) is 5.02 Å². The molecule has 5 nitrogen and oxygen atoms in total. The number of hydrogen-bond acceptors (Lipinski definition) is 4. The lowest BCUT2D eigenvalue weighted by Gasteiger charge is -2.25. The Hall–Kier alpha value is -1.14. The molecule has 0 aliphatic rings. The van der Waals surface area contributed by atoms with Crippen molar-refractivity contribution < 1.29 is 14.6 Å². The summed E-state index contributed by atoms with van der Waals surface area (Å²) in [6.45, 7) is 2.89. The van der Waals surface area contributed by atoms with E-state index in [1.807, 2.05) is 12.1 Å². The molecule has 2 unspecified atom stereocenters. The van der Waals surface area contributed by atoms with Crippen LogP contribution in [0.3, 0.4) is 0 Å². The normalized spacial score (nSPS) is 14.0. The van der Waals surface area contributed by atoms with Crippen LogP contribution in [-0.4, -0.2) is 55.4 Å². The Labute approximate surface area is 130 Å². The highest BCUT2D eigenvalue weighted by atomic mass is 35.5. The van der Waals surface area contributed by atoms with Gasteiger partial charge in [-0.2, -0.15) is 0 Å². The summed E-state index contributed by atoms with van der Waals surface area (Å²) in [4.78, 5) is 13.9. The van der Waals surface area contributed by atoms with Gasteiger partial charge in [0, 0.05) is 25.2 Å². The van der Waals surface area contributed by atoms with Crippen LogP contribution in [0.25, 0.3) is 0 Å². The molecule has 2 atom stereocenters. The smallest absolute Gasteiger partial charge is 0.237 e. The third kappa shape index (κ3) is 6.44. The van der Waals surface area contributed by atoms with E-state index in [9.17, 15) is 9.90 Å². The number of rotatable bonds is 8. The predicted molar refractivity (Wildman–Crippen MR) is 83.3 cm³/mol. The first-order valence-corrected chi connectivity index (χ1v) is 7.21. The van der Waals surface area contributed by atoms with Crippen LogP contribution < -0.4 is 5.32 Å². The molecule has 1 amide bonds. The third-order valence-corrected chi connectivity index (χ3v) is 3.53. The number of amides is 1. The molecule has 118 valence electrons. The number of halogens is 1. The molecular formula is C15H23ClN2O3. The number of methoxy groups -OCH3 is 1. The van der Waals surface area contributed by atoms with Crippen LogP contribution in [0.1, 0.15) is 12.5 Å². The first kappa shape index (κ1) is 17.9. The van der Waals surface area contributed by atoms with E-state index >= 15 is 0 Å². The van der Waals surface area contributed by atoms with Gasteiger partial charge in [0.25, 0.3) is 0 Å². The van der Waals surface area contributed by atoms with Gasteiger partial charge in [0.05, 0.1) is 18.8 Å². The first-order valence-electron chi connectivity index (χ1n) is 6.83. The summed E-state index contributed by atoms with van der Waals surface area (Å²) in [6.07, 6.45) is -0.605. The Morgan fingerprint density at radius 2 is 2.05 bits per heavy atom. The lowest BCUT2D eigenvalue weighted by atomic mass is 10.2. The Morgan fingerprint density at radius 1 is 1.43 bits per heavy atom. The Bertz CT molecular complexity index is 439. The van der Waals surface area contributed by atoms with Crippen molar-refractivity contribution in [2.75, 3.05) is 27.3 Å². The highest BCUT2D eigenvalue weighted by molar-refractivity contribution is 6.30. The molecule has 0 saturated heterocycles. The minimum Gasteiger partial charge on any atom is -0.389 e. The standard InChI is InChI=1S/C15H23ClN2O3/c1-11(18(2)9-14(19)10-21-3)15(20)17-8-12-4-6-13(16)7-5-12/h4-7,11,14,19H,8-10H2,1-3H3,(H,17,20). The molecule has 0 heterocycles. The molecule has 0 aromatic heterocycles. The molecular weight excluding hydrogens is 292 g/mol. The van der Waals surface area contributed by atoms with Crippen molar-refractivity contribution in [3.05, 3.63) is 34.9 Å². The first-order chi connectivity index (χ1) is 9.93. The number of nitrogens with zero attached hydrogens (tertiary/aromatic N) is 1. The van der Waals surface area contributed by atoms with Crippen LogP contribution >= 0.6 is 11.6 Å². The van der Waals surface area contributed by atoms with Crippen LogP contribution in [0, 0.1) is 0 Å². The molecule has 1 aromatic carbocycles. The molecule has 0 spiro atoms. The van der Waals surface area contributed by atoms with Gasteiger partial charge in [0.15, 0.2) is 0 Å². The number of benzene rings is 1. The second kappa shape index (κ2) is 9.00. The van der Waals surface area contributed by atoms with E-state index in [4.69, 9.17) is 16.3 Å². The third-order valence-electron chi connectivity index (χ3n) is 3.28. The molecule has 0 radical (unpaired) electrons. The molecule has 0 aliphatic carbocycles. The van der Waals surface area contributed by atoms with Crippen LogP contribution in [0.5, 0.6) is 0 Å². The highest BCUT2D eigenvalue weighted by Gasteiger charge is 2.19. The minimum absolute atomic E-state index is 0.0860. The van der Waals surface area contributed by atoms with Crippen LogP contribution in [0.15, 0.2) is 24.3 Å². The van der Waals surface area contributed by atoms with E-state index in [1.165, 1.54) is 7.11 Å². The summed E-state index contributed by atoms with van der Waals surface area (Å²) in [5.74, 6) is -0.0860. The summed E-state index contributed by atoms with van der Waals surface area (Å²) < 4.78 is 4.87. The van der Waals surface area contributed by atoms with Gasteiger partial charge >= 0.3 is 0 Å². The van der Waals surface area contributed by atoms with Crippen LogP contribution in [-0.2, 0) is 16.1 Å². The highest BCUT2D eigenvalue weighted by Crippen LogP contribution is 2.09. The molecule has 1 rings (SSSR count). The lowest BCUT2D eigenvalue weighted by Crippen LogP contribution is -2.46. The molecule has 6 heteroatoms. The monoisotopic (exact) mass is 314 g/mol. The summed E-state index contributed by atoms with van der Waals surface area (Å²) in [7, 11) is 3.33. The van der Waals surface area contributed by atoms with Gasteiger partial charge in [-0.05, 0) is 31.7 Å². The number of ether oxygens (including phenoxy) is 1. The molecule has 0 bridgehead atoms. The van der Waals surface area contributed by atoms with Gasteiger partial charge in [0.1, 0.15) is 0 Å². The largest absolute Gasteiger partial charge is 0.389 e. The maximum absolute atomic E-state index is 12.1. The fourth-order valence-electron chi connectivity index (χ4n) is 1.87. The molecule has 0 aliphatic heterocycles. The van der Waals surface area contributed by atoms with Gasteiger partial charge in [-0.25, -0.2) is 0 Å². The molecule has 21 heavy (non-hydrogen) atoms. The summed E-state index contributed by atoms with van der Waals surface area (Å²) in [5, 5.41) is 13.2. The molecule has 0 saturated carbocycles. The zero-order chi connectivity index (χ0) is 15.8. The molecule has 1 aromatic rings. The van der Waals surface area contributed by atoms with E-state index in [1.54, 1.807) is 31.0 Å². The van der Waals surface area contributed by atoms with Gasteiger partial charge < -0.3 is 15.2 Å². The fourth-order valence-corrected chi connectivity index (χ4v) is 2.00. The predicted octanol–water partition coefficient (Wildman–Crippen LogP) is 1.28. The Morgan fingerprint density at radius 3 is 2.62 bits per heavy atom. The number of hydrogen-bond donors (Lipinski definition) is 2. The maximum atomic E-state index is 12.1. The summed E-state index contributed by atoms with van der Waals surface area (Å²) in [5.41, 5.74) is 0.988. The maximum Gasteiger partial charge on any atom is 0.237 e. The van der Waals surface area contributed by atoms with Gasteiger partial charge in [0.2, 0.25) is 5.91 Å². The average molecular weight is 315 g/mol. The van der Waals surface area contributed by atoms with E-state index in [0.29, 0.717) is 18.1 Å². The Kier molecular flexibility index (Phi) is 7.67. The topological polar surface area (TPSA) is 61.8 Å². The number of aliphatic hydroxyl groups is 1. The second-order valence-electron chi connectivity index (χ2n) is 5.07. The van der Waals surface area contributed by atoms with E-state index in [0.717, 1.165) is 5.56 Å². The van der Waals surface area contributed by atoms with Crippen molar-refractivity contribution in [2.24, 2.45) is 0 Å². The number of nitrogens with one attached hydrogen (secondary N) is 1. The summed E-state index contributed by atoms with van der Waals surface area (Å²) >= 11 is 5.81. The van der Waals surface area contributed by atoms with Crippen molar-refractivity contribution in [3.63, 3.8) is 0 Å². The van der Waals surface area contributed by atoms with E-state index in [2.05, 4.69) is 5.32 Å². The van der Waals surface area contributed by atoms with Crippen molar-refractivity contribution in [3.8, 4) is 0 Å². The van der Waals surface area contributed by atoms with Crippen molar-refractivity contribution in [1.29, 1.82) is 0 Å². The lowest BCUT2D eigenvalue weighted by molar-refractivity contribution is -0.126. The van der Waals surface area contributed by atoms with Crippen LogP contribution in [0.4, 0.5) is 0 Å². The quantitative estimate of drug-likeness (QED) is 0.759. The van der Waals surface area contributed by atoms with Crippen molar-refractivity contribution in [1.82, 2.24) is 10.2 Å². The molecule has 0 fully saturated rings. The number of aliphatic hydroxyl groups excluding tert-OH is 1. The summed E-state index contributed by atoms with van der Waals surface area (Å²) in [6, 6.07) is 7.00. The molecule has 2 N–H and O–H groups in total. The zero-order valence-electron chi connectivity index (χ0n) is 12.7. The van der Waals surface area contributed by atoms with E-state index < -0.39 is 6.10 Å². The number of carbonyl (C=O) groups excluding carboxylic acids is 1. The van der Waals surface area contributed by atoms with Gasteiger partial charge in [-0.3, -0.25) is 9.69 Å². The average Bonchev–Trinajstić information content (AvgIpc) is 2.45. The SMILES string of the molecule is COCC(O)CN(C)C(C)C(=O)NCc1ccc(Cl)cc1. The van der Waals surface area contributed by atoms with Gasteiger partial charge in [-0.1, -0.05) is 23.7 Å². The second-order valence-corrected chi connectivity index (χ2v) is 5.51. The van der Waals surface area contributed by atoms with Gasteiger partial charge in [-0.15, -0.1) is 0 Å². The van der Waals surface area contributed by atoms with E-state index in [-0.39, 0.29) is 18.6 Å². The number of carbonyl (C=O) groups is 1.